The number of nitrogens with zero attached hydrogens (tertiary/aromatic N) is 2. The Labute approximate surface area is 158 Å². The van der Waals surface area contributed by atoms with E-state index in [1.807, 2.05) is 0 Å². The molecule has 0 aromatic heterocycles. The van der Waals surface area contributed by atoms with Crippen molar-refractivity contribution >= 4 is 69.5 Å². The van der Waals surface area contributed by atoms with Gasteiger partial charge in [-0.2, -0.15) is 0 Å². The Bertz CT molecular complexity index is 639. The fourth-order valence-corrected chi connectivity index (χ4v) is 2.01. The van der Waals surface area contributed by atoms with Crippen molar-refractivity contribution in [2.75, 3.05) is 19.4 Å². The number of alkyl halides is 3. The predicted octanol–water partition coefficient (Wildman–Crippen LogP) is 2.85. The Morgan fingerprint density at radius 1 is 1.33 bits per heavy atom. The first-order chi connectivity index (χ1) is 11.0. The second kappa shape index (κ2) is 8.52. The molecule has 24 heavy (non-hydrogen) atoms. The van der Waals surface area contributed by atoms with Crippen molar-refractivity contribution in [1.29, 1.82) is 0 Å². The van der Waals surface area contributed by atoms with Gasteiger partial charge in [-0.15, -0.1) is 0 Å². The molecular weight excluding hydrogens is 401 g/mol. The molecule has 1 aromatic carbocycles. The fraction of sp³-hybridized carbons (Fsp3) is 0.333. The van der Waals surface area contributed by atoms with E-state index >= 15 is 0 Å². The highest BCUT2D eigenvalue weighted by Crippen LogP contribution is 2.29. The van der Waals surface area contributed by atoms with Crippen LogP contribution in [0.15, 0.2) is 24.3 Å². The van der Waals surface area contributed by atoms with Gasteiger partial charge in [0, 0.05) is 31.9 Å². The third kappa shape index (κ3) is 6.52. The molecule has 0 spiro atoms. The summed E-state index contributed by atoms with van der Waals surface area (Å²) in [4.78, 5) is 23.2. The minimum Gasteiger partial charge on any atom is -0.339 e. The number of carbonyl (C=O) groups excluding carboxylic acids is 1. The number of amides is 2. The number of rotatable bonds is 4. The Balaban J connectivity index is 2.80. The van der Waals surface area contributed by atoms with E-state index in [9.17, 15) is 14.9 Å². The van der Waals surface area contributed by atoms with Gasteiger partial charge in [-0.25, -0.2) is 4.79 Å². The molecule has 0 unspecified atom stereocenters. The zero-order valence-electron chi connectivity index (χ0n) is 12.5. The molecule has 8 nitrogen and oxygen atoms in total. The smallest absolute Gasteiger partial charge is 0.318 e. The third-order valence-corrected chi connectivity index (χ3v) is 3.47. The van der Waals surface area contributed by atoms with E-state index < -0.39 is 20.9 Å². The van der Waals surface area contributed by atoms with Gasteiger partial charge in [0.15, 0.2) is 11.3 Å². The number of anilines is 1. The molecule has 0 saturated carbocycles. The van der Waals surface area contributed by atoms with Crippen LogP contribution in [0.3, 0.4) is 0 Å². The number of hydrogen-bond donors (Lipinski definition) is 3. The van der Waals surface area contributed by atoms with Crippen molar-refractivity contribution in [2.24, 2.45) is 0 Å². The maximum absolute atomic E-state index is 11.7. The van der Waals surface area contributed by atoms with Gasteiger partial charge in [0.2, 0.25) is 3.79 Å². The molecule has 132 valence electrons. The first-order valence-electron chi connectivity index (χ1n) is 6.37. The number of benzene rings is 1. The maximum atomic E-state index is 11.7. The highest BCUT2D eigenvalue weighted by molar-refractivity contribution is 7.80. The van der Waals surface area contributed by atoms with E-state index in [2.05, 4.69) is 16.0 Å². The van der Waals surface area contributed by atoms with Crippen LogP contribution in [-0.4, -0.2) is 45.0 Å². The number of nitrogens with one attached hydrogen (secondary N) is 3. The lowest BCUT2D eigenvalue weighted by molar-refractivity contribution is -0.384. The highest BCUT2D eigenvalue weighted by Gasteiger charge is 2.35. The summed E-state index contributed by atoms with van der Waals surface area (Å²) in [5, 5.41) is 18.6. The Morgan fingerprint density at radius 2 is 1.96 bits per heavy atom. The molecule has 0 heterocycles. The van der Waals surface area contributed by atoms with Crippen molar-refractivity contribution in [3.8, 4) is 0 Å². The molecule has 3 N–H and O–H groups in total. The van der Waals surface area contributed by atoms with Crippen LogP contribution < -0.4 is 16.0 Å². The lowest BCUT2D eigenvalue weighted by Gasteiger charge is -2.28. The number of carbonyl (C=O) groups is 1. The Morgan fingerprint density at radius 3 is 2.46 bits per heavy atom. The lowest BCUT2D eigenvalue weighted by atomic mass is 10.3. The van der Waals surface area contributed by atoms with Crippen molar-refractivity contribution in [2.45, 2.75) is 9.96 Å². The quantitative estimate of drug-likeness (QED) is 0.230. The van der Waals surface area contributed by atoms with Crippen LogP contribution in [-0.2, 0) is 0 Å². The monoisotopic (exact) mass is 413 g/mol. The summed E-state index contributed by atoms with van der Waals surface area (Å²) >= 11 is 22.5. The molecule has 2 amide bonds. The van der Waals surface area contributed by atoms with E-state index in [-0.39, 0.29) is 10.8 Å². The van der Waals surface area contributed by atoms with Crippen LogP contribution in [0.5, 0.6) is 0 Å². The van der Waals surface area contributed by atoms with Gasteiger partial charge in [-0.3, -0.25) is 10.1 Å². The van der Waals surface area contributed by atoms with Crippen molar-refractivity contribution in [1.82, 2.24) is 15.5 Å². The minimum atomic E-state index is -1.89. The topological polar surface area (TPSA) is 99.5 Å². The summed E-state index contributed by atoms with van der Waals surface area (Å²) in [6.45, 7) is 0. The summed E-state index contributed by atoms with van der Waals surface area (Å²) in [7, 11) is 3.04. The van der Waals surface area contributed by atoms with Crippen molar-refractivity contribution in [3.63, 3.8) is 0 Å². The first kappa shape index (κ1) is 20.5. The minimum absolute atomic E-state index is 0.00544. The summed E-state index contributed by atoms with van der Waals surface area (Å²) in [6.07, 6.45) is -1.13. The molecule has 0 aliphatic heterocycles. The zero-order valence-corrected chi connectivity index (χ0v) is 15.6. The predicted molar refractivity (Wildman–Crippen MR) is 98.7 cm³/mol. The van der Waals surface area contributed by atoms with E-state index in [0.717, 1.165) is 0 Å². The second-order valence-corrected chi connectivity index (χ2v) is 7.50. The summed E-state index contributed by atoms with van der Waals surface area (Å²) in [5.74, 6) is 0. The van der Waals surface area contributed by atoms with Gasteiger partial charge < -0.3 is 20.9 Å². The molecular formula is C12H14Cl3N5O3S. The van der Waals surface area contributed by atoms with Gasteiger partial charge in [0.1, 0.15) is 0 Å². The number of halogens is 3. The standard InChI is InChI=1S/C12H14Cl3N5O3S/c1-19(2)11(21)18-9(12(13,14)15)17-10(24)16-7-4-3-5-8(6-7)20(22)23/h3-6,9H,1-2H3,(H,18,21)(H2,16,17,24)/t9-/m1/s1. The van der Waals surface area contributed by atoms with Crippen LogP contribution in [0, 0.1) is 10.1 Å². The second-order valence-electron chi connectivity index (χ2n) is 4.72. The van der Waals surface area contributed by atoms with Gasteiger partial charge >= 0.3 is 6.03 Å². The number of nitro groups is 1. The van der Waals surface area contributed by atoms with Gasteiger partial charge in [-0.05, 0) is 18.3 Å². The summed E-state index contributed by atoms with van der Waals surface area (Å²) < 4.78 is -1.89. The van der Waals surface area contributed by atoms with Crippen LogP contribution in [0.25, 0.3) is 0 Å². The average Bonchev–Trinajstić information content (AvgIpc) is 2.45. The fourth-order valence-electron chi connectivity index (χ4n) is 1.45. The number of hydrogen-bond acceptors (Lipinski definition) is 4. The molecule has 0 aliphatic rings. The van der Waals surface area contributed by atoms with Crippen molar-refractivity contribution in [3.05, 3.63) is 34.4 Å². The Hall–Kier alpha value is -1.55. The zero-order chi connectivity index (χ0) is 18.5. The SMILES string of the molecule is CN(C)C(=O)N[C@@H](NC(=S)Nc1cccc([N+](=O)[O-])c1)C(Cl)(Cl)Cl. The van der Waals surface area contributed by atoms with E-state index in [1.165, 1.54) is 37.2 Å². The lowest BCUT2D eigenvalue weighted by Crippen LogP contribution is -2.57. The largest absolute Gasteiger partial charge is 0.339 e. The van der Waals surface area contributed by atoms with Gasteiger partial charge in [0.05, 0.1) is 4.92 Å². The molecule has 0 bridgehead atoms. The van der Waals surface area contributed by atoms with Crippen LogP contribution in [0.4, 0.5) is 16.2 Å². The maximum Gasteiger partial charge on any atom is 0.318 e. The summed E-state index contributed by atoms with van der Waals surface area (Å²) in [6, 6.07) is 5.18. The number of urea groups is 1. The summed E-state index contributed by atoms with van der Waals surface area (Å²) in [5.41, 5.74) is 0.255. The van der Waals surface area contributed by atoms with E-state index in [4.69, 9.17) is 47.0 Å². The first-order valence-corrected chi connectivity index (χ1v) is 7.91. The van der Waals surface area contributed by atoms with E-state index in [0.29, 0.717) is 5.69 Å². The third-order valence-electron chi connectivity index (χ3n) is 2.59. The molecule has 1 atom stereocenters. The number of non-ortho nitro benzene ring substituents is 1. The van der Waals surface area contributed by atoms with Gasteiger partial charge in [-0.1, -0.05) is 40.9 Å². The molecule has 12 heteroatoms. The molecule has 1 rings (SSSR count). The van der Waals surface area contributed by atoms with Gasteiger partial charge in [0.25, 0.3) is 5.69 Å². The number of thiocarbonyl (C=S) groups is 1. The van der Waals surface area contributed by atoms with Crippen LogP contribution in [0.2, 0.25) is 0 Å². The number of nitro benzene ring substituents is 1. The Kier molecular flexibility index (Phi) is 7.27. The van der Waals surface area contributed by atoms with Crippen molar-refractivity contribution < 1.29 is 9.72 Å². The molecule has 1 aromatic rings. The molecule has 0 saturated heterocycles. The molecule has 0 aliphatic carbocycles. The molecule has 0 fully saturated rings. The highest BCUT2D eigenvalue weighted by atomic mass is 35.6. The van der Waals surface area contributed by atoms with Crippen LogP contribution in [0.1, 0.15) is 0 Å². The molecule has 0 radical (unpaired) electrons. The van der Waals surface area contributed by atoms with Crippen LogP contribution >= 0.6 is 47.0 Å². The average molecular weight is 415 g/mol. The normalized spacial score (nSPS) is 12.0. The van der Waals surface area contributed by atoms with E-state index in [1.54, 1.807) is 6.07 Å².